The van der Waals surface area contributed by atoms with Crippen molar-refractivity contribution >= 4 is 52.7 Å². The minimum absolute atomic E-state index is 0.0495. The van der Waals surface area contributed by atoms with E-state index in [0.717, 1.165) is 83.5 Å². The molecular weight excluding hydrogens is 1140 g/mol. The van der Waals surface area contributed by atoms with Gasteiger partial charge in [-0.1, -0.05) is 155 Å². The molecule has 0 radical (unpaired) electrons. The Bertz CT molecular complexity index is 2620. The molecule has 1 aliphatic rings. The molecule has 17 nitrogen and oxygen atoms in total. The number of carbonyl (C=O) groups excluding carboxylic acids is 6. The van der Waals surface area contributed by atoms with Crippen LogP contribution in [0.15, 0.2) is 55.0 Å². The second-order valence-electron chi connectivity index (χ2n) is 25.2. The van der Waals surface area contributed by atoms with Crippen molar-refractivity contribution in [1.82, 2.24) is 19.4 Å². The van der Waals surface area contributed by atoms with Crippen molar-refractivity contribution in [1.29, 1.82) is 5.26 Å². The van der Waals surface area contributed by atoms with Gasteiger partial charge in [0.1, 0.15) is 44.1 Å². The van der Waals surface area contributed by atoms with E-state index in [1.165, 1.54) is 87.9 Å². The number of carbonyl (C=O) groups is 6. The fourth-order valence-electron chi connectivity index (χ4n) is 11.7. The third-order valence-electron chi connectivity index (χ3n) is 17.1. The molecule has 0 bridgehead atoms. The lowest BCUT2D eigenvalue weighted by molar-refractivity contribution is -0.167. The van der Waals surface area contributed by atoms with Crippen LogP contribution in [0.2, 0.25) is 0 Å². The number of benzene rings is 1. The quantitative estimate of drug-likeness (QED) is 0.0169. The number of ether oxygens (including phenoxy) is 5. The number of aromatic nitrogens is 3. The Labute approximate surface area is 539 Å². The molecule has 0 N–H and O–H groups in total. The Kier molecular flexibility index (Phi) is 38.5. The third-order valence-corrected chi connectivity index (χ3v) is 17.1. The molecule has 1 saturated heterocycles. The smallest absolute Gasteiger partial charge is 0.420 e. The van der Waals surface area contributed by atoms with Crippen LogP contribution in [0.1, 0.15) is 263 Å². The number of nitriles is 1. The standard InChI is InChI=1S/C73H112N6O11/c1-8-10-12-14-16-18-20-22-24-26-28-30-32-34-36-40-66(81)86-54-62(55-87-67(82)41-37-35-33-31-29-27-25-23-21-19-17-15-13-11-9-2)89-69(84)49-57(3)39-38-42-68(83)90-70-59(5)50-61(51-60(70)6)53-88-73(85)79-48-45-63-71(75-56-76-72(63)79)77(7)64-52-78(47-44-58(64)4)65(80)43-46-74/h22-25,45,48,50-51,56-58,62,64H,8-21,26-44,47,49,52-55H2,1-7H3/b24-22-,25-23-/t57?,58-,64+/m1/s1. The molecule has 1 amide bonds. The highest BCUT2D eigenvalue weighted by Gasteiger charge is 2.33. The average Bonchev–Trinajstić information content (AvgIpc) is 1.66. The third kappa shape index (κ3) is 30.5. The predicted octanol–water partition coefficient (Wildman–Crippen LogP) is 17.0. The number of rotatable bonds is 47. The van der Waals surface area contributed by atoms with Gasteiger partial charge in [0.2, 0.25) is 5.91 Å². The lowest BCUT2D eigenvalue weighted by atomic mass is 9.92. The number of anilines is 1. The van der Waals surface area contributed by atoms with Crippen molar-refractivity contribution in [2.75, 3.05) is 38.3 Å². The second-order valence-corrected chi connectivity index (χ2v) is 25.2. The fraction of sp³-hybridized carbons (Fsp3) is 0.685. The van der Waals surface area contributed by atoms with E-state index in [4.69, 9.17) is 28.9 Å². The zero-order valence-corrected chi connectivity index (χ0v) is 56.3. The van der Waals surface area contributed by atoms with Crippen LogP contribution in [0.3, 0.4) is 0 Å². The summed E-state index contributed by atoms with van der Waals surface area (Å²) in [4.78, 5) is 91.0. The number of allylic oxidation sites excluding steroid dienone is 4. The molecule has 0 saturated carbocycles. The van der Waals surface area contributed by atoms with E-state index in [9.17, 15) is 28.8 Å². The monoisotopic (exact) mass is 1250 g/mol. The molecule has 500 valence electrons. The zero-order valence-electron chi connectivity index (χ0n) is 56.3. The lowest BCUT2D eigenvalue weighted by Gasteiger charge is -2.42. The van der Waals surface area contributed by atoms with Gasteiger partial charge >= 0.3 is 30.0 Å². The highest BCUT2D eigenvalue weighted by atomic mass is 16.6. The highest BCUT2D eigenvalue weighted by molar-refractivity contribution is 5.93. The highest BCUT2D eigenvalue weighted by Crippen LogP contribution is 2.31. The summed E-state index contributed by atoms with van der Waals surface area (Å²) < 4.78 is 29.9. The summed E-state index contributed by atoms with van der Waals surface area (Å²) in [6.07, 6.45) is 43.2. The number of piperidine rings is 1. The van der Waals surface area contributed by atoms with E-state index >= 15 is 0 Å². The van der Waals surface area contributed by atoms with Crippen molar-refractivity contribution in [2.24, 2.45) is 11.8 Å². The minimum Gasteiger partial charge on any atom is -0.462 e. The van der Waals surface area contributed by atoms with Gasteiger partial charge in [0.25, 0.3) is 0 Å². The summed E-state index contributed by atoms with van der Waals surface area (Å²) in [6.45, 7) is 12.8. The van der Waals surface area contributed by atoms with Crippen LogP contribution in [-0.2, 0) is 49.5 Å². The molecule has 0 aliphatic carbocycles. The van der Waals surface area contributed by atoms with Crippen molar-refractivity contribution in [2.45, 2.75) is 279 Å². The molecular formula is C73H112N6O11. The van der Waals surface area contributed by atoms with Crippen molar-refractivity contribution < 1.29 is 52.5 Å². The van der Waals surface area contributed by atoms with Crippen LogP contribution in [0, 0.1) is 37.0 Å². The molecule has 1 aromatic carbocycles. The molecule has 3 aromatic rings. The van der Waals surface area contributed by atoms with Crippen LogP contribution in [0.5, 0.6) is 5.75 Å². The number of amides is 1. The van der Waals surface area contributed by atoms with Crippen LogP contribution in [0.4, 0.5) is 10.6 Å². The first-order valence-electron chi connectivity index (χ1n) is 34.6. The predicted molar refractivity (Wildman–Crippen MR) is 356 cm³/mol. The number of unbranched alkanes of at least 4 members (excludes halogenated alkanes) is 22. The van der Waals surface area contributed by atoms with Gasteiger partial charge in [-0.15, -0.1) is 0 Å². The number of likely N-dealkylation sites (N-methyl/N-ethyl adjacent to an activating group) is 1. The van der Waals surface area contributed by atoms with Gasteiger partial charge in [-0.2, -0.15) is 5.26 Å². The molecule has 1 aliphatic heterocycles. The second kappa shape index (κ2) is 45.6. The largest absolute Gasteiger partial charge is 0.462 e. The van der Waals surface area contributed by atoms with Crippen LogP contribution in [-0.4, -0.2) is 101 Å². The van der Waals surface area contributed by atoms with E-state index in [2.05, 4.69) is 55.0 Å². The fourth-order valence-corrected chi connectivity index (χ4v) is 11.7. The number of hydrogen-bond acceptors (Lipinski definition) is 15. The molecule has 3 atom stereocenters. The summed E-state index contributed by atoms with van der Waals surface area (Å²) >= 11 is 0. The van der Waals surface area contributed by atoms with Gasteiger partial charge in [0, 0.05) is 52.0 Å². The molecule has 1 fully saturated rings. The molecule has 90 heavy (non-hydrogen) atoms. The summed E-state index contributed by atoms with van der Waals surface area (Å²) in [5.74, 6) is -0.727. The first-order chi connectivity index (χ1) is 43.6. The average molecular weight is 1250 g/mol. The molecule has 2 aromatic heterocycles. The van der Waals surface area contributed by atoms with Crippen LogP contribution < -0.4 is 9.64 Å². The lowest BCUT2D eigenvalue weighted by Crippen LogP contribution is -2.52. The topological polar surface area (TPSA) is 210 Å². The molecule has 4 rings (SSSR count). The van der Waals surface area contributed by atoms with Gasteiger partial charge in [-0.25, -0.2) is 19.3 Å². The van der Waals surface area contributed by atoms with Gasteiger partial charge < -0.3 is 33.5 Å². The van der Waals surface area contributed by atoms with Crippen molar-refractivity contribution in [3.63, 3.8) is 0 Å². The summed E-state index contributed by atoms with van der Waals surface area (Å²) in [6, 6.07) is 7.27. The number of likely N-dealkylation sites (tertiary alicyclic amines) is 1. The van der Waals surface area contributed by atoms with Crippen molar-refractivity contribution in [3.8, 4) is 11.8 Å². The Morgan fingerprint density at radius 1 is 0.678 bits per heavy atom. The zero-order chi connectivity index (χ0) is 65.1. The number of hydrogen-bond donors (Lipinski definition) is 0. The van der Waals surface area contributed by atoms with Gasteiger partial charge in [0.15, 0.2) is 11.8 Å². The Morgan fingerprint density at radius 2 is 1.19 bits per heavy atom. The van der Waals surface area contributed by atoms with Gasteiger partial charge in [0.05, 0.1) is 17.5 Å². The van der Waals surface area contributed by atoms with Crippen molar-refractivity contribution in [3.05, 3.63) is 71.7 Å². The first kappa shape index (κ1) is 75.9. The van der Waals surface area contributed by atoms with E-state index in [-0.39, 0.29) is 87.6 Å². The Hall–Kier alpha value is -6.57. The summed E-state index contributed by atoms with van der Waals surface area (Å²) in [7, 11) is 1.91. The number of esters is 4. The molecule has 17 heteroatoms. The van der Waals surface area contributed by atoms with Gasteiger partial charge in [-0.3, -0.25) is 24.0 Å². The minimum atomic E-state index is -0.946. The number of fused-ring (bicyclic) bond motifs is 1. The summed E-state index contributed by atoms with van der Waals surface area (Å²) in [5.41, 5.74) is 2.46. The SMILES string of the molecule is CCCCCCCC/C=C\CCCCCCCC(=O)OCC(COC(=O)CCCCCCC/C=C\CCCCCCCC)OC(=O)CC(C)CCCC(=O)Oc1c(C)cc(COC(=O)n2ccc3c(N(C)[C@H]4CN(C(=O)CC#N)CC[C@H]4C)ncnc32)cc1C. The molecule has 0 spiro atoms. The van der Waals surface area contributed by atoms with Crippen LogP contribution >= 0.6 is 0 Å². The maximum absolute atomic E-state index is 13.5. The maximum atomic E-state index is 13.5. The first-order valence-corrected chi connectivity index (χ1v) is 34.6. The molecule has 3 heterocycles. The van der Waals surface area contributed by atoms with E-state index < -0.39 is 24.1 Å². The summed E-state index contributed by atoms with van der Waals surface area (Å²) in [5, 5.41) is 9.74. The van der Waals surface area contributed by atoms with Gasteiger partial charge in [-0.05, 0) is 144 Å². The van der Waals surface area contributed by atoms with Crippen LogP contribution in [0.25, 0.3) is 11.0 Å². The number of nitrogens with zero attached hydrogens (tertiary/aromatic N) is 6. The molecule has 1 unspecified atom stereocenters. The normalized spacial score (nSPS) is 14.5. The number of aryl methyl sites for hydroxylation is 2. The van der Waals surface area contributed by atoms with E-state index in [0.29, 0.717) is 78.1 Å². The Morgan fingerprint density at radius 3 is 1.72 bits per heavy atom. The Balaban J connectivity index is 1.19. The maximum Gasteiger partial charge on any atom is 0.420 e. The van der Waals surface area contributed by atoms with E-state index in [1.54, 1.807) is 17.2 Å². The van der Waals surface area contributed by atoms with E-state index in [1.807, 2.05) is 50.9 Å².